The number of esters is 1. The molecule has 18 heavy (non-hydrogen) atoms. The molecule has 0 heterocycles. The molecule has 0 rings (SSSR count). The van der Waals surface area contributed by atoms with Gasteiger partial charge in [-0.3, -0.25) is 0 Å². The van der Waals surface area contributed by atoms with Crippen LogP contribution in [-0.2, 0) is 9.53 Å². The van der Waals surface area contributed by atoms with Crippen molar-refractivity contribution in [3.05, 3.63) is 11.6 Å². The average molecular weight is 250 g/mol. The maximum Gasteiger partial charge on any atom is 0.335 e. The summed E-state index contributed by atoms with van der Waals surface area (Å²) < 4.78 is 4.63. The third-order valence-corrected chi connectivity index (χ3v) is 2.31. The van der Waals surface area contributed by atoms with Gasteiger partial charge >= 0.3 is 5.97 Å². The van der Waals surface area contributed by atoms with Crippen molar-refractivity contribution < 1.29 is 14.6 Å². The van der Waals surface area contributed by atoms with Gasteiger partial charge in [0.25, 0.3) is 0 Å². The first kappa shape index (κ1) is 16.1. The molecule has 0 aliphatic rings. The van der Waals surface area contributed by atoms with Gasteiger partial charge in [-0.15, -0.1) is 0 Å². The van der Waals surface area contributed by atoms with Crippen LogP contribution < -0.4 is 0 Å². The Morgan fingerprint density at radius 2 is 1.89 bits per heavy atom. The van der Waals surface area contributed by atoms with Gasteiger partial charge in [0.15, 0.2) is 0 Å². The Bertz CT molecular complexity index is 347. The molecular weight excluding hydrogens is 232 g/mol. The molecule has 5 heteroatoms. The van der Waals surface area contributed by atoms with Crippen LogP contribution in [0.5, 0.6) is 0 Å². The summed E-state index contributed by atoms with van der Waals surface area (Å²) in [6.07, 6.45) is 5.15. The van der Waals surface area contributed by atoms with Crippen LogP contribution in [0.2, 0.25) is 0 Å². The first-order valence-corrected chi connectivity index (χ1v) is 6.04. The fourth-order valence-electron chi connectivity index (χ4n) is 1.36. The lowest BCUT2D eigenvalue weighted by atomic mass is 10.1. The van der Waals surface area contributed by atoms with Gasteiger partial charge in [0.1, 0.15) is 17.7 Å². The van der Waals surface area contributed by atoms with E-state index in [9.17, 15) is 9.90 Å². The molecule has 0 spiro atoms. The normalized spacial score (nSPS) is 10.9. The Morgan fingerprint density at radius 1 is 1.28 bits per heavy atom. The van der Waals surface area contributed by atoms with Gasteiger partial charge in [-0.25, -0.2) is 4.79 Å². The highest BCUT2D eigenvalue weighted by molar-refractivity contribution is 5.84. The molecule has 5 nitrogen and oxygen atoms in total. The van der Waals surface area contributed by atoms with Gasteiger partial charge < -0.3 is 9.84 Å². The minimum absolute atomic E-state index is 0.338. The maximum absolute atomic E-state index is 11.2. The van der Waals surface area contributed by atoms with Crippen LogP contribution in [-0.4, -0.2) is 17.4 Å². The van der Waals surface area contributed by atoms with Crippen molar-refractivity contribution in [1.29, 1.82) is 10.5 Å². The predicted octanol–water partition coefficient (Wildman–Crippen LogP) is 2.18. The number of nitrogens with zero attached hydrogens (tertiary/aromatic N) is 2. The van der Waals surface area contributed by atoms with Crippen LogP contribution in [0.25, 0.3) is 0 Å². The second kappa shape index (κ2) is 10.3. The largest absolute Gasteiger partial charge is 0.433 e. The van der Waals surface area contributed by atoms with Crippen LogP contribution in [0, 0.1) is 22.7 Å². The van der Waals surface area contributed by atoms with E-state index in [2.05, 4.69) is 11.7 Å². The zero-order valence-corrected chi connectivity index (χ0v) is 10.6. The number of rotatable bonds is 8. The molecule has 0 fully saturated rings. The minimum atomic E-state index is -1.17. The van der Waals surface area contributed by atoms with Crippen LogP contribution in [0.4, 0.5) is 0 Å². The Kier molecular flexibility index (Phi) is 9.25. The van der Waals surface area contributed by atoms with E-state index in [1.54, 1.807) is 0 Å². The van der Waals surface area contributed by atoms with E-state index >= 15 is 0 Å². The van der Waals surface area contributed by atoms with Crippen molar-refractivity contribution in [3.63, 3.8) is 0 Å². The lowest BCUT2D eigenvalue weighted by Gasteiger charge is -2.10. The molecule has 1 unspecified atom stereocenters. The van der Waals surface area contributed by atoms with Crippen molar-refractivity contribution >= 4 is 5.97 Å². The number of hydrogen-bond acceptors (Lipinski definition) is 5. The molecule has 0 aromatic carbocycles. The number of allylic oxidation sites excluding steroid dienone is 1. The number of hydrogen-bond donors (Lipinski definition) is 1. The van der Waals surface area contributed by atoms with Gasteiger partial charge in [0, 0.05) is 6.42 Å². The second-order valence-electron chi connectivity index (χ2n) is 3.88. The molecule has 1 N–H and O–H groups in total. The first-order chi connectivity index (χ1) is 8.63. The van der Waals surface area contributed by atoms with E-state index in [4.69, 9.17) is 10.5 Å². The van der Waals surface area contributed by atoms with Gasteiger partial charge in [0.05, 0.1) is 6.08 Å². The molecule has 1 atom stereocenters. The number of carbonyl (C=O) groups excluding carboxylic acids is 1. The second-order valence-corrected chi connectivity index (χ2v) is 3.88. The fourth-order valence-corrected chi connectivity index (χ4v) is 1.36. The summed E-state index contributed by atoms with van der Waals surface area (Å²) in [5, 5.41) is 26.2. The quantitative estimate of drug-likeness (QED) is 0.234. The van der Waals surface area contributed by atoms with Crippen LogP contribution in [0.1, 0.15) is 45.4 Å². The van der Waals surface area contributed by atoms with Gasteiger partial charge in [-0.2, -0.15) is 10.5 Å². The highest BCUT2D eigenvalue weighted by Crippen LogP contribution is 2.08. The van der Waals surface area contributed by atoms with Gasteiger partial charge in [0.2, 0.25) is 6.29 Å². The number of nitriles is 2. The first-order valence-electron chi connectivity index (χ1n) is 6.04. The summed E-state index contributed by atoms with van der Waals surface area (Å²) in [5.41, 5.74) is -0.338. The van der Waals surface area contributed by atoms with Crippen molar-refractivity contribution in [3.8, 4) is 12.1 Å². The molecular formula is C13H18N2O3. The van der Waals surface area contributed by atoms with Gasteiger partial charge in [-0.05, 0) is 6.42 Å². The minimum Gasteiger partial charge on any atom is -0.433 e. The molecule has 0 amide bonds. The van der Waals surface area contributed by atoms with E-state index < -0.39 is 12.3 Å². The van der Waals surface area contributed by atoms with Crippen molar-refractivity contribution in [1.82, 2.24) is 0 Å². The van der Waals surface area contributed by atoms with E-state index in [1.807, 2.05) is 0 Å². The molecule has 0 saturated heterocycles. The SMILES string of the molecule is CCCCCCCC(O)OC(=O)C=C(C#N)C#N. The van der Waals surface area contributed by atoms with E-state index in [0.29, 0.717) is 6.42 Å². The summed E-state index contributed by atoms with van der Waals surface area (Å²) in [6, 6.07) is 3.08. The number of unbranched alkanes of at least 4 members (excludes halogenated alkanes) is 4. The van der Waals surface area contributed by atoms with E-state index in [-0.39, 0.29) is 5.57 Å². The van der Waals surface area contributed by atoms with Crippen LogP contribution in [0.15, 0.2) is 11.6 Å². The van der Waals surface area contributed by atoms with Crippen LogP contribution >= 0.6 is 0 Å². The number of aliphatic hydroxyl groups is 1. The lowest BCUT2D eigenvalue weighted by molar-refractivity contribution is -0.162. The molecule has 0 bridgehead atoms. The molecule has 0 aliphatic carbocycles. The van der Waals surface area contributed by atoms with E-state index in [0.717, 1.165) is 38.2 Å². The topological polar surface area (TPSA) is 94.1 Å². The molecule has 0 radical (unpaired) electrons. The summed E-state index contributed by atoms with van der Waals surface area (Å²) in [5.74, 6) is -0.867. The highest BCUT2D eigenvalue weighted by atomic mass is 16.6. The third-order valence-electron chi connectivity index (χ3n) is 2.31. The summed E-state index contributed by atoms with van der Waals surface area (Å²) in [6.45, 7) is 2.12. The number of aliphatic hydroxyl groups excluding tert-OH is 1. The lowest BCUT2D eigenvalue weighted by Crippen LogP contribution is -2.16. The third kappa shape index (κ3) is 8.32. The Balaban J connectivity index is 3.85. The molecule has 0 aromatic rings. The average Bonchev–Trinajstić information content (AvgIpc) is 2.35. The highest BCUT2D eigenvalue weighted by Gasteiger charge is 2.09. The van der Waals surface area contributed by atoms with Crippen LogP contribution in [0.3, 0.4) is 0 Å². The molecule has 0 aliphatic heterocycles. The monoisotopic (exact) mass is 250 g/mol. The van der Waals surface area contributed by atoms with Crippen molar-refractivity contribution in [2.24, 2.45) is 0 Å². The number of ether oxygens (including phenoxy) is 1. The summed E-state index contributed by atoms with van der Waals surface area (Å²) >= 11 is 0. The van der Waals surface area contributed by atoms with Crippen molar-refractivity contribution in [2.45, 2.75) is 51.7 Å². The number of carbonyl (C=O) groups is 1. The molecule has 0 saturated carbocycles. The van der Waals surface area contributed by atoms with E-state index in [1.165, 1.54) is 12.1 Å². The summed E-state index contributed by atoms with van der Waals surface area (Å²) in [7, 11) is 0. The Hall–Kier alpha value is -1.85. The smallest absolute Gasteiger partial charge is 0.335 e. The molecule has 0 aromatic heterocycles. The Labute approximate surface area is 107 Å². The summed E-state index contributed by atoms with van der Waals surface area (Å²) in [4.78, 5) is 11.2. The Morgan fingerprint density at radius 3 is 2.44 bits per heavy atom. The predicted molar refractivity (Wildman–Crippen MR) is 64.8 cm³/mol. The van der Waals surface area contributed by atoms with Crippen molar-refractivity contribution in [2.75, 3.05) is 0 Å². The fraction of sp³-hybridized carbons (Fsp3) is 0.615. The zero-order valence-electron chi connectivity index (χ0n) is 10.6. The van der Waals surface area contributed by atoms with Gasteiger partial charge in [-0.1, -0.05) is 32.6 Å². The standard InChI is InChI=1S/C13H18N2O3/c1-2-3-4-5-6-7-12(16)18-13(17)8-11(9-14)10-15/h8,12,16H,2-7H2,1H3. The zero-order chi connectivity index (χ0) is 13.8. The molecule has 98 valence electrons. The maximum atomic E-state index is 11.2.